The lowest BCUT2D eigenvalue weighted by Crippen LogP contribution is -1.93. The largest absolute Gasteiger partial charge is 0.0891 e. The van der Waals surface area contributed by atoms with E-state index in [1.807, 2.05) is 0 Å². The van der Waals surface area contributed by atoms with Crippen LogP contribution >= 0.6 is 38.5 Å². The summed E-state index contributed by atoms with van der Waals surface area (Å²) in [4.78, 5) is 0.761. The molecule has 1 unspecified atom stereocenters. The first-order valence-corrected chi connectivity index (χ1v) is 5.45. The van der Waals surface area contributed by atoms with Gasteiger partial charge in [0.2, 0.25) is 0 Å². The van der Waals surface area contributed by atoms with Crippen molar-refractivity contribution >= 4 is 38.5 Å². The molecule has 0 N–H and O–H groups in total. The quantitative estimate of drug-likeness (QED) is 0.550. The first-order valence-electron chi connectivity index (χ1n) is 3.01. The molecule has 0 bridgehead atoms. The van der Waals surface area contributed by atoms with Crippen molar-refractivity contribution in [3.8, 4) is 0 Å². The van der Waals surface area contributed by atoms with E-state index in [1.165, 1.54) is 23.7 Å². The lowest BCUT2D eigenvalue weighted by molar-refractivity contribution is 0.739. The fourth-order valence-corrected chi connectivity index (χ4v) is 1.27. The smallest absolute Gasteiger partial charge is 0.0143 e. The van der Waals surface area contributed by atoms with Crippen molar-refractivity contribution in [2.45, 2.75) is 31.0 Å². The number of rotatable bonds is 4. The Morgan fingerprint density at radius 1 is 1.62 bits per heavy atom. The van der Waals surface area contributed by atoms with E-state index in [2.05, 4.69) is 45.4 Å². The van der Waals surface area contributed by atoms with E-state index in [1.54, 1.807) is 0 Å². The maximum Gasteiger partial charge on any atom is 0.0143 e. The van der Waals surface area contributed by atoms with Crippen LogP contribution in [0.25, 0.3) is 0 Å². The summed E-state index contributed by atoms with van der Waals surface area (Å²) in [5.41, 5.74) is 0. The molecule has 0 spiro atoms. The van der Waals surface area contributed by atoms with Crippen LogP contribution < -0.4 is 0 Å². The van der Waals surface area contributed by atoms with Gasteiger partial charge >= 0.3 is 0 Å². The summed E-state index contributed by atoms with van der Waals surface area (Å²) in [6.07, 6.45) is 3.94. The van der Waals surface area contributed by atoms with E-state index in [0.29, 0.717) is 0 Å². The summed E-state index contributed by atoms with van der Waals surface area (Å²) < 4.78 is 1.29. The molecule has 0 rings (SSSR count). The van der Waals surface area contributed by atoms with Gasteiger partial charge in [-0.15, -0.1) is 0 Å². The standard InChI is InChI=1S/C6H12BrI/c1-2-6(7)4-3-5-8/h6H,2-5H2,1H3. The minimum atomic E-state index is 0.761. The summed E-state index contributed by atoms with van der Waals surface area (Å²) in [6.45, 7) is 2.21. The lowest BCUT2D eigenvalue weighted by atomic mass is 10.2. The Morgan fingerprint density at radius 2 is 2.25 bits per heavy atom. The zero-order valence-electron chi connectivity index (χ0n) is 5.16. The molecule has 2 heteroatoms. The van der Waals surface area contributed by atoms with Crippen LogP contribution in [0.5, 0.6) is 0 Å². The highest BCUT2D eigenvalue weighted by atomic mass is 127. The van der Waals surface area contributed by atoms with Gasteiger partial charge < -0.3 is 0 Å². The minimum absolute atomic E-state index is 0.761. The zero-order valence-corrected chi connectivity index (χ0v) is 8.91. The molecule has 0 aromatic rings. The van der Waals surface area contributed by atoms with Gasteiger partial charge in [0.15, 0.2) is 0 Å². The fraction of sp³-hybridized carbons (Fsp3) is 1.00. The maximum absolute atomic E-state index is 3.57. The van der Waals surface area contributed by atoms with E-state index in [0.717, 1.165) is 4.83 Å². The van der Waals surface area contributed by atoms with Gasteiger partial charge in [0.1, 0.15) is 0 Å². The molecular weight excluding hydrogens is 279 g/mol. The molecular formula is C6H12BrI. The van der Waals surface area contributed by atoms with Gasteiger partial charge in [-0.1, -0.05) is 45.4 Å². The maximum atomic E-state index is 3.57. The van der Waals surface area contributed by atoms with E-state index in [4.69, 9.17) is 0 Å². The minimum Gasteiger partial charge on any atom is -0.0891 e. The highest BCUT2D eigenvalue weighted by Gasteiger charge is 1.97. The average Bonchev–Trinajstić information content (AvgIpc) is 1.83. The Hall–Kier alpha value is 1.21. The monoisotopic (exact) mass is 290 g/mol. The Morgan fingerprint density at radius 3 is 2.62 bits per heavy atom. The summed E-state index contributed by atoms with van der Waals surface area (Å²) in [5, 5.41) is 0. The topological polar surface area (TPSA) is 0 Å². The molecule has 0 heterocycles. The SMILES string of the molecule is CCC(Br)CCCI. The molecule has 0 radical (unpaired) electrons. The summed E-state index contributed by atoms with van der Waals surface area (Å²) >= 11 is 5.99. The van der Waals surface area contributed by atoms with Crippen LogP contribution in [0.3, 0.4) is 0 Å². The van der Waals surface area contributed by atoms with Crippen LogP contribution in [0.2, 0.25) is 0 Å². The lowest BCUT2D eigenvalue weighted by Gasteiger charge is -2.02. The zero-order chi connectivity index (χ0) is 6.41. The Kier molecular flexibility index (Phi) is 7.29. The molecule has 0 aromatic heterocycles. The van der Waals surface area contributed by atoms with Crippen LogP contribution in [0.4, 0.5) is 0 Å². The van der Waals surface area contributed by atoms with E-state index < -0.39 is 0 Å². The molecule has 0 saturated carbocycles. The first-order chi connectivity index (χ1) is 3.81. The summed E-state index contributed by atoms with van der Waals surface area (Å²) in [6, 6.07) is 0. The van der Waals surface area contributed by atoms with Crippen molar-refractivity contribution in [2.75, 3.05) is 4.43 Å². The molecule has 0 aliphatic heterocycles. The number of alkyl halides is 2. The van der Waals surface area contributed by atoms with Crippen molar-refractivity contribution in [1.29, 1.82) is 0 Å². The predicted octanol–water partition coefficient (Wildman–Crippen LogP) is 3.38. The number of hydrogen-bond acceptors (Lipinski definition) is 0. The van der Waals surface area contributed by atoms with Gasteiger partial charge in [0.05, 0.1) is 0 Å². The van der Waals surface area contributed by atoms with E-state index >= 15 is 0 Å². The molecule has 0 nitrogen and oxygen atoms in total. The second kappa shape index (κ2) is 6.33. The van der Waals surface area contributed by atoms with E-state index in [9.17, 15) is 0 Å². The second-order valence-electron chi connectivity index (χ2n) is 1.84. The molecule has 1 atom stereocenters. The highest BCUT2D eigenvalue weighted by molar-refractivity contribution is 14.1. The third kappa shape index (κ3) is 5.35. The first kappa shape index (κ1) is 9.21. The Labute approximate surface area is 73.7 Å². The fourth-order valence-electron chi connectivity index (χ4n) is 0.503. The van der Waals surface area contributed by atoms with E-state index in [-0.39, 0.29) is 0 Å². The van der Waals surface area contributed by atoms with Gasteiger partial charge in [0, 0.05) is 4.83 Å². The average molecular weight is 291 g/mol. The van der Waals surface area contributed by atoms with Crippen molar-refractivity contribution in [1.82, 2.24) is 0 Å². The third-order valence-corrected chi connectivity index (χ3v) is 2.96. The molecule has 8 heavy (non-hydrogen) atoms. The van der Waals surface area contributed by atoms with Crippen molar-refractivity contribution in [3.05, 3.63) is 0 Å². The molecule has 0 amide bonds. The van der Waals surface area contributed by atoms with Crippen molar-refractivity contribution in [2.24, 2.45) is 0 Å². The highest BCUT2D eigenvalue weighted by Crippen LogP contribution is 2.11. The molecule has 0 aliphatic carbocycles. The predicted molar refractivity (Wildman–Crippen MR) is 51.1 cm³/mol. The molecule has 0 fully saturated rings. The normalized spacial score (nSPS) is 13.9. The molecule has 50 valence electrons. The van der Waals surface area contributed by atoms with Crippen LogP contribution in [-0.4, -0.2) is 9.25 Å². The summed E-state index contributed by atoms with van der Waals surface area (Å²) in [5.74, 6) is 0. The van der Waals surface area contributed by atoms with Gasteiger partial charge in [-0.2, -0.15) is 0 Å². The van der Waals surface area contributed by atoms with Crippen LogP contribution in [0.1, 0.15) is 26.2 Å². The van der Waals surface area contributed by atoms with Crippen molar-refractivity contribution in [3.63, 3.8) is 0 Å². The van der Waals surface area contributed by atoms with Crippen LogP contribution in [0.15, 0.2) is 0 Å². The third-order valence-electron chi connectivity index (χ3n) is 1.09. The Bertz CT molecular complexity index is 47.8. The second-order valence-corrected chi connectivity index (χ2v) is 4.21. The Balaban J connectivity index is 2.86. The molecule has 0 aliphatic rings. The van der Waals surface area contributed by atoms with Crippen LogP contribution in [-0.2, 0) is 0 Å². The summed E-state index contributed by atoms with van der Waals surface area (Å²) in [7, 11) is 0. The molecule has 0 saturated heterocycles. The van der Waals surface area contributed by atoms with Gasteiger partial charge in [0.25, 0.3) is 0 Å². The van der Waals surface area contributed by atoms with Crippen molar-refractivity contribution < 1.29 is 0 Å². The van der Waals surface area contributed by atoms with Crippen LogP contribution in [0, 0.1) is 0 Å². The number of halogens is 2. The van der Waals surface area contributed by atoms with Gasteiger partial charge in [-0.25, -0.2) is 0 Å². The molecule has 0 aromatic carbocycles. The number of hydrogen-bond donors (Lipinski definition) is 0. The van der Waals surface area contributed by atoms with Gasteiger partial charge in [-0.3, -0.25) is 0 Å². The van der Waals surface area contributed by atoms with Gasteiger partial charge in [-0.05, 0) is 23.7 Å².